The first-order chi connectivity index (χ1) is 10.3. The number of likely N-dealkylation sites (N-methyl/N-ethyl adjacent to an activating group) is 2. The van der Waals surface area contributed by atoms with Gasteiger partial charge in [-0.3, -0.25) is 19.4 Å². The van der Waals surface area contributed by atoms with E-state index in [2.05, 4.69) is 0 Å². The number of urea groups is 1. The van der Waals surface area contributed by atoms with Crippen LogP contribution in [0.25, 0.3) is 6.08 Å². The average Bonchev–Trinajstić information content (AvgIpc) is 2.50. The summed E-state index contributed by atoms with van der Waals surface area (Å²) in [5, 5.41) is 19.0. The maximum Gasteiger partial charge on any atom is 0.333 e. The van der Waals surface area contributed by atoms with Crippen molar-refractivity contribution < 1.29 is 24.6 Å². The number of carbonyl (C=O) groups excluding carboxylic acids is 3. The maximum atomic E-state index is 11.9. The lowest BCUT2D eigenvalue weighted by Crippen LogP contribution is -2.52. The predicted molar refractivity (Wildman–Crippen MR) is 77.8 cm³/mol. The fraction of sp³-hybridized carbons (Fsp3) is 0.133. The normalized spacial score (nSPS) is 15.9. The van der Waals surface area contributed by atoms with Crippen molar-refractivity contribution in [3.05, 3.63) is 41.5 Å². The number of para-hydroxylation sites is 1. The number of hydrogen-bond acceptors (Lipinski definition) is 5. The van der Waals surface area contributed by atoms with E-state index in [9.17, 15) is 24.6 Å². The molecule has 1 saturated heterocycles. The number of phenolic OH excluding ortho intramolecular Hbond substituents is 2. The Balaban J connectivity index is 2.30. The number of aromatic hydroxyl groups is 2. The molecule has 0 atom stereocenters. The lowest BCUT2D eigenvalue weighted by atomic mass is 10.1. The first-order valence-corrected chi connectivity index (χ1v) is 6.34. The molecule has 1 aliphatic heterocycles. The van der Waals surface area contributed by atoms with E-state index in [4.69, 9.17) is 0 Å². The van der Waals surface area contributed by atoms with Crippen molar-refractivity contribution in [3.8, 4) is 11.5 Å². The van der Waals surface area contributed by atoms with Crippen molar-refractivity contribution in [2.75, 3.05) is 14.1 Å². The third-order valence-electron chi connectivity index (χ3n) is 3.23. The second-order valence-corrected chi connectivity index (χ2v) is 4.67. The van der Waals surface area contributed by atoms with E-state index in [0.29, 0.717) is 5.56 Å². The van der Waals surface area contributed by atoms with Gasteiger partial charge in [0, 0.05) is 19.7 Å². The van der Waals surface area contributed by atoms with Gasteiger partial charge in [-0.15, -0.1) is 0 Å². The fourth-order valence-electron chi connectivity index (χ4n) is 1.93. The first kappa shape index (κ1) is 15.3. The topological polar surface area (TPSA) is 98.2 Å². The van der Waals surface area contributed by atoms with Crippen LogP contribution in [0.2, 0.25) is 0 Å². The Morgan fingerprint density at radius 2 is 1.59 bits per heavy atom. The number of carbonyl (C=O) groups is 3. The summed E-state index contributed by atoms with van der Waals surface area (Å²) in [4.78, 5) is 37.1. The van der Waals surface area contributed by atoms with Gasteiger partial charge in [0.2, 0.25) is 0 Å². The van der Waals surface area contributed by atoms with Crippen LogP contribution >= 0.6 is 0 Å². The minimum absolute atomic E-state index is 0.166. The van der Waals surface area contributed by atoms with Crippen LogP contribution in [0, 0.1) is 0 Å². The quantitative estimate of drug-likeness (QED) is 0.484. The molecule has 0 bridgehead atoms. The highest BCUT2D eigenvalue weighted by molar-refractivity contribution is 6.28. The highest BCUT2D eigenvalue weighted by atomic mass is 16.3. The van der Waals surface area contributed by atoms with E-state index in [-0.39, 0.29) is 17.1 Å². The second kappa shape index (κ2) is 5.72. The molecule has 0 saturated carbocycles. The molecular formula is C15H14N2O5. The van der Waals surface area contributed by atoms with Gasteiger partial charge in [0.25, 0.3) is 11.8 Å². The van der Waals surface area contributed by atoms with Gasteiger partial charge in [0.1, 0.15) is 5.57 Å². The van der Waals surface area contributed by atoms with Crippen molar-refractivity contribution in [2.24, 2.45) is 0 Å². The van der Waals surface area contributed by atoms with Crippen molar-refractivity contribution in [2.45, 2.75) is 0 Å². The molecule has 0 aromatic heterocycles. The van der Waals surface area contributed by atoms with Crippen LogP contribution in [0.15, 0.2) is 35.9 Å². The number of allylic oxidation sites excluding steroid dienone is 2. The molecule has 0 radical (unpaired) electrons. The Labute approximate surface area is 126 Å². The molecule has 22 heavy (non-hydrogen) atoms. The smallest absolute Gasteiger partial charge is 0.333 e. The van der Waals surface area contributed by atoms with Crippen molar-refractivity contribution >= 4 is 23.9 Å². The summed E-state index contributed by atoms with van der Waals surface area (Å²) in [6, 6.07) is 3.73. The Morgan fingerprint density at radius 3 is 2.18 bits per heavy atom. The lowest BCUT2D eigenvalue weighted by Gasteiger charge is -2.28. The molecule has 2 N–H and O–H groups in total. The van der Waals surface area contributed by atoms with Crippen LogP contribution in [0.3, 0.4) is 0 Å². The lowest BCUT2D eigenvalue weighted by molar-refractivity contribution is -0.134. The molecule has 114 valence electrons. The SMILES string of the molecule is CN1C(=O)C(=C/C=C/c2cccc(O)c2O)C(=O)N(C)C1=O. The van der Waals surface area contributed by atoms with E-state index >= 15 is 0 Å². The number of amides is 4. The molecule has 0 aliphatic carbocycles. The fourth-order valence-corrected chi connectivity index (χ4v) is 1.93. The second-order valence-electron chi connectivity index (χ2n) is 4.67. The van der Waals surface area contributed by atoms with Gasteiger partial charge >= 0.3 is 6.03 Å². The van der Waals surface area contributed by atoms with E-state index in [0.717, 1.165) is 9.80 Å². The van der Waals surface area contributed by atoms with Crippen LogP contribution in [-0.2, 0) is 9.59 Å². The molecule has 2 rings (SSSR count). The van der Waals surface area contributed by atoms with Crippen LogP contribution in [0.4, 0.5) is 4.79 Å². The molecule has 7 heteroatoms. The molecule has 1 aromatic rings. The molecule has 7 nitrogen and oxygen atoms in total. The number of barbiturate groups is 1. The first-order valence-electron chi connectivity index (χ1n) is 6.34. The molecule has 1 aromatic carbocycles. The third-order valence-corrected chi connectivity index (χ3v) is 3.23. The summed E-state index contributed by atoms with van der Waals surface area (Å²) in [6.07, 6.45) is 4.07. The van der Waals surface area contributed by atoms with Gasteiger partial charge in [-0.1, -0.05) is 24.3 Å². The van der Waals surface area contributed by atoms with Crippen molar-refractivity contribution in [3.63, 3.8) is 0 Å². The largest absolute Gasteiger partial charge is 0.504 e. The van der Waals surface area contributed by atoms with Gasteiger partial charge in [-0.25, -0.2) is 4.79 Å². The van der Waals surface area contributed by atoms with Crippen molar-refractivity contribution in [1.82, 2.24) is 9.80 Å². The average molecular weight is 302 g/mol. The Bertz CT molecular complexity index is 695. The minimum Gasteiger partial charge on any atom is -0.504 e. The Morgan fingerprint density at radius 1 is 1.00 bits per heavy atom. The Hall–Kier alpha value is -3.09. The van der Waals surface area contributed by atoms with Gasteiger partial charge < -0.3 is 10.2 Å². The zero-order valence-corrected chi connectivity index (χ0v) is 12.0. The van der Waals surface area contributed by atoms with Crippen molar-refractivity contribution in [1.29, 1.82) is 0 Å². The van der Waals surface area contributed by atoms with Crippen LogP contribution in [0.1, 0.15) is 5.56 Å². The molecule has 0 spiro atoms. The number of phenols is 2. The third kappa shape index (κ3) is 2.56. The van der Waals surface area contributed by atoms with Crippen LogP contribution in [0.5, 0.6) is 11.5 Å². The molecule has 0 unspecified atom stereocenters. The number of benzene rings is 1. The highest BCUT2D eigenvalue weighted by Gasteiger charge is 2.37. The summed E-state index contributed by atoms with van der Waals surface area (Å²) in [7, 11) is 2.57. The van der Waals surface area contributed by atoms with Gasteiger partial charge in [-0.2, -0.15) is 0 Å². The standard InChI is InChI=1S/C15H14N2O5/c1-16-13(20)10(14(21)17(2)15(16)22)7-3-5-9-6-4-8-11(18)12(9)19/h3-8,18-19H,1-2H3/b5-3+. The summed E-state index contributed by atoms with van der Waals surface area (Å²) in [6.45, 7) is 0. The summed E-state index contributed by atoms with van der Waals surface area (Å²) >= 11 is 0. The number of rotatable bonds is 2. The van der Waals surface area contributed by atoms with E-state index in [1.807, 2.05) is 0 Å². The Kier molecular flexibility index (Phi) is 3.98. The summed E-state index contributed by atoms with van der Waals surface area (Å²) in [5.41, 5.74) is 0.158. The number of hydrogen-bond donors (Lipinski definition) is 2. The van der Waals surface area contributed by atoms with Gasteiger partial charge in [-0.05, 0) is 12.1 Å². The minimum atomic E-state index is -0.696. The monoisotopic (exact) mass is 302 g/mol. The molecule has 4 amide bonds. The van der Waals surface area contributed by atoms with Crippen LogP contribution < -0.4 is 0 Å². The molecule has 1 aliphatic rings. The maximum absolute atomic E-state index is 11.9. The number of imide groups is 2. The van der Waals surface area contributed by atoms with E-state index < -0.39 is 17.8 Å². The van der Waals surface area contributed by atoms with Crippen LogP contribution in [-0.4, -0.2) is 52.0 Å². The van der Waals surface area contributed by atoms with Gasteiger partial charge in [0.05, 0.1) is 0 Å². The zero-order valence-electron chi connectivity index (χ0n) is 12.0. The van der Waals surface area contributed by atoms with E-state index in [1.165, 1.54) is 38.4 Å². The van der Waals surface area contributed by atoms with Gasteiger partial charge in [0.15, 0.2) is 11.5 Å². The summed E-state index contributed by atoms with van der Waals surface area (Å²) in [5.74, 6) is -1.97. The summed E-state index contributed by atoms with van der Waals surface area (Å²) < 4.78 is 0. The highest BCUT2D eigenvalue weighted by Crippen LogP contribution is 2.29. The predicted octanol–water partition coefficient (Wildman–Crippen LogP) is 1.09. The molecule has 1 heterocycles. The molecular weight excluding hydrogens is 288 g/mol. The van der Waals surface area contributed by atoms with E-state index in [1.54, 1.807) is 12.1 Å². The number of nitrogens with zero attached hydrogens (tertiary/aromatic N) is 2. The zero-order chi connectivity index (χ0) is 16.4. The molecule has 1 fully saturated rings.